The number of rotatable bonds is 1. The van der Waals surface area contributed by atoms with Crippen molar-refractivity contribution in [1.29, 1.82) is 0 Å². The molecular weight excluding hydrogens is 384 g/mol. The minimum atomic E-state index is -1.10. The van der Waals surface area contributed by atoms with E-state index >= 15 is 0 Å². The number of para-hydroxylation sites is 2. The van der Waals surface area contributed by atoms with Gasteiger partial charge in [-0.25, -0.2) is 0 Å². The van der Waals surface area contributed by atoms with Crippen molar-refractivity contribution in [2.45, 2.75) is 17.0 Å². The highest BCUT2D eigenvalue weighted by atomic mass is 32.2. The number of fused-ring (bicyclic) bond motifs is 5. The lowest BCUT2D eigenvalue weighted by Gasteiger charge is -2.32. The molecule has 1 saturated heterocycles. The van der Waals surface area contributed by atoms with Gasteiger partial charge in [0, 0.05) is 33.8 Å². The Kier molecular flexibility index (Phi) is 3.24. The first-order valence-corrected chi connectivity index (χ1v) is 10.3. The van der Waals surface area contributed by atoms with Crippen LogP contribution in [0.3, 0.4) is 0 Å². The summed E-state index contributed by atoms with van der Waals surface area (Å²) in [7, 11) is 0. The molecule has 3 heterocycles. The predicted molar refractivity (Wildman–Crippen MR) is 115 cm³/mol. The summed E-state index contributed by atoms with van der Waals surface area (Å²) in [5, 5.41) is 4.64. The zero-order chi connectivity index (χ0) is 19.8. The Morgan fingerprint density at radius 1 is 0.966 bits per heavy atom. The van der Waals surface area contributed by atoms with Gasteiger partial charge in [-0.15, -0.1) is 11.8 Å². The fourth-order valence-electron chi connectivity index (χ4n) is 4.41. The second kappa shape index (κ2) is 5.64. The number of carbonyl (C=O) groups is 2. The Bertz CT molecular complexity index is 1340. The lowest BCUT2D eigenvalue weighted by molar-refractivity contribution is -0.122. The molecule has 2 atom stereocenters. The van der Waals surface area contributed by atoms with Crippen molar-refractivity contribution >= 4 is 56.9 Å². The molecule has 0 bridgehead atoms. The molecule has 2 aliphatic rings. The Balaban J connectivity index is 1.59. The molecule has 2 amide bonds. The van der Waals surface area contributed by atoms with Crippen molar-refractivity contribution in [3.63, 3.8) is 0 Å². The van der Waals surface area contributed by atoms with Gasteiger partial charge in [0.1, 0.15) is 11.2 Å². The summed E-state index contributed by atoms with van der Waals surface area (Å²) in [5.74, 6) is -0.275. The molecule has 3 aromatic carbocycles. The molecule has 4 aromatic rings. The molecule has 6 heteroatoms. The van der Waals surface area contributed by atoms with E-state index in [9.17, 15) is 9.59 Å². The standard InChI is InChI=1S/C23H16N2O3S/c1-13-21(26)25(23(29-13)17-7-3-4-8-18(17)24-22(23)27)14-10-11-16-15-6-2-5-9-19(15)28-20(16)12-14/h2-13H,1H3,(H,24,27)/t13-,23-/m1/s1. The number of amides is 2. The fraction of sp³-hybridized carbons (Fsp3) is 0.130. The average Bonchev–Trinajstić information content (AvgIpc) is 3.32. The predicted octanol–water partition coefficient (Wildman–Crippen LogP) is 4.86. The van der Waals surface area contributed by atoms with Crippen LogP contribution < -0.4 is 10.2 Å². The highest BCUT2D eigenvalue weighted by molar-refractivity contribution is 8.03. The van der Waals surface area contributed by atoms with E-state index in [4.69, 9.17) is 4.42 Å². The molecule has 142 valence electrons. The summed E-state index contributed by atoms with van der Waals surface area (Å²) in [5.41, 5.74) is 3.72. The second-order valence-electron chi connectivity index (χ2n) is 7.36. The fourth-order valence-corrected chi connectivity index (χ4v) is 5.90. The van der Waals surface area contributed by atoms with Gasteiger partial charge in [-0.3, -0.25) is 14.5 Å². The van der Waals surface area contributed by atoms with Crippen molar-refractivity contribution in [3.05, 3.63) is 72.3 Å². The minimum absolute atomic E-state index is 0.0858. The first kappa shape index (κ1) is 16.7. The van der Waals surface area contributed by atoms with Crippen molar-refractivity contribution in [2.75, 3.05) is 10.2 Å². The number of furan rings is 1. The minimum Gasteiger partial charge on any atom is -0.456 e. The average molecular weight is 400 g/mol. The Morgan fingerprint density at radius 2 is 1.72 bits per heavy atom. The molecule has 1 aromatic heterocycles. The molecule has 0 aliphatic carbocycles. The molecule has 0 unspecified atom stereocenters. The Labute approximate surface area is 170 Å². The molecule has 0 radical (unpaired) electrons. The number of hydrogen-bond acceptors (Lipinski definition) is 4. The van der Waals surface area contributed by atoms with Gasteiger partial charge in [-0.1, -0.05) is 36.4 Å². The molecule has 1 N–H and O–H groups in total. The van der Waals surface area contributed by atoms with Crippen LogP contribution in [-0.2, 0) is 14.5 Å². The normalized spacial score (nSPS) is 23.3. The maximum atomic E-state index is 13.2. The van der Waals surface area contributed by atoms with Crippen LogP contribution in [0.2, 0.25) is 0 Å². The van der Waals surface area contributed by atoms with Crippen LogP contribution in [0.25, 0.3) is 21.9 Å². The number of anilines is 2. The summed E-state index contributed by atoms with van der Waals surface area (Å²) in [6.45, 7) is 1.85. The maximum absolute atomic E-state index is 13.2. The lowest BCUT2D eigenvalue weighted by atomic mass is 10.0. The molecular formula is C23H16N2O3S. The summed E-state index contributed by atoms with van der Waals surface area (Å²) in [6, 6.07) is 21.1. The van der Waals surface area contributed by atoms with Gasteiger partial charge in [0.25, 0.3) is 5.91 Å². The van der Waals surface area contributed by atoms with E-state index in [1.807, 2.05) is 73.7 Å². The topological polar surface area (TPSA) is 62.6 Å². The van der Waals surface area contributed by atoms with Crippen molar-refractivity contribution < 1.29 is 14.0 Å². The zero-order valence-corrected chi connectivity index (χ0v) is 16.3. The number of carbonyl (C=O) groups excluding carboxylic acids is 2. The van der Waals surface area contributed by atoms with Gasteiger partial charge in [0.15, 0.2) is 0 Å². The van der Waals surface area contributed by atoms with Gasteiger partial charge in [-0.05, 0) is 31.2 Å². The summed E-state index contributed by atoms with van der Waals surface area (Å²) in [6.07, 6.45) is 0. The van der Waals surface area contributed by atoms with Crippen LogP contribution in [0.4, 0.5) is 11.4 Å². The first-order valence-electron chi connectivity index (χ1n) is 9.44. The third-order valence-electron chi connectivity index (χ3n) is 5.70. The Morgan fingerprint density at radius 3 is 2.62 bits per heavy atom. The van der Waals surface area contributed by atoms with E-state index in [1.54, 1.807) is 4.90 Å². The lowest BCUT2D eigenvalue weighted by Crippen LogP contribution is -2.47. The van der Waals surface area contributed by atoms with Crippen LogP contribution in [0.5, 0.6) is 0 Å². The number of hydrogen-bond donors (Lipinski definition) is 1. The quantitative estimate of drug-likeness (QED) is 0.496. The molecule has 1 fully saturated rings. The van der Waals surface area contributed by atoms with Gasteiger partial charge in [0.05, 0.1) is 5.25 Å². The van der Waals surface area contributed by atoms with Gasteiger partial charge < -0.3 is 9.73 Å². The van der Waals surface area contributed by atoms with Crippen LogP contribution in [-0.4, -0.2) is 17.1 Å². The van der Waals surface area contributed by atoms with Gasteiger partial charge >= 0.3 is 0 Å². The maximum Gasteiger partial charge on any atom is 0.266 e. The summed E-state index contributed by atoms with van der Waals surface area (Å²) < 4.78 is 6.02. The smallest absolute Gasteiger partial charge is 0.266 e. The largest absolute Gasteiger partial charge is 0.456 e. The summed E-state index contributed by atoms with van der Waals surface area (Å²) in [4.78, 5) is 26.9. The van der Waals surface area contributed by atoms with E-state index < -0.39 is 4.87 Å². The molecule has 0 saturated carbocycles. The molecule has 1 spiro atoms. The van der Waals surface area contributed by atoms with Crippen molar-refractivity contribution in [3.8, 4) is 0 Å². The highest BCUT2D eigenvalue weighted by Gasteiger charge is 2.60. The van der Waals surface area contributed by atoms with E-state index in [1.165, 1.54) is 11.8 Å². The second-order valence-corrected chi connectivity index (χ2v) is 8.89. The third-order valence-corrected chi connectivity index (χ3v) is 7.18. The third kappa shape index (κ3) is 2.07. The monoisotopic (exact) mass is 400 g/mol. The van der Waals surface area contributed by atoms with E-state index in [-0.39, 0.29) is 17.1 Å². The number of thioether (sulfide) groups is 1. The zero-order valence-electron chi connectivity index (χ0n) is 15.5. The number of nitrogens with one attached hydrogen (secondary N) is 1. The Hall–Kier alpha value is -3.25. The van der Waals surface area contributed by atoms with Crippen LogP contribution >= 0.6 is 11.8 Å². The number of benzene rings is 3. The SMILES string of the molecule is C[C@H]1S[C@]2(C(=O)Nc3ccccc32)N(c2ccc3c(c2)oc2ccccc23)C1=O. The van der Waals surface area contributed by atoms with Crippen molar-refractivity contribution in [2.24, 2.45) is 0 Å². The van der Waals surface area contributed by atoms with Crippen LogP contribution in [0, 0.1) is 0 Å². The highest BCUT2D eigenvalue weighted by Crippen LogP contribution is 2.56. The number of nitrogens with zero attached hydrogens (tertiary/aromatic N) is 1. The van der Waals surface area contributed by atoms with Gasteiger partial charge in [-0.2, -0.15) is 0 Å². The van der Waals surface area contributed by atoms with E-state index in [0.717, 1.165) is 27.6 Å². The van der Waals surface area contributed by atoms with Gasteiger partial charge in [0.2, 0.25) is 10.8 Å². The van der Waals surface area contributed by atoms with E-state index in [0.29, 0.717) is 11.3 Å². The van der Waals surface area contributed by atoms with Crippen LogP contribution in [0.15, 0.2) is 71.1 Å². The first-order chi connectivity index (χ1) is 14.1. The molecule has 29 heavy (non-hydrogen) atoms. The van der Waals surface area contributed by atoms with Crippen molar-refractivity contribution in [1.82, 2.24) is 0 Å². The molecule has 2 aliphatic heterocycles. The molecule has 5 nitrogen and oxygen atoms in total. The van der Waals surface area contributed by atoms with E-state index in [2.05, 4.69) is 5.32 Å². The summed E-state index contributed by atoms with van der Waals surface area (Å²) >= 11 is 1.38. The van der Waals surface area contributed by atoms with Crippen LogP contribution in [0.1, 0.15) is 12.5 Å². The molecule has 6 rings (SSSR count).